The SMILES string of the molecule is CC(C)C(NC(=O)C1CCCN1C(=O)C(N)Cc1cnc[nH]1)C(=O)O. The summed E-state index contributed by atoms with van der Waals surface area (Å²) in [6.07, 6.45) is 4.59. The number of imidazole rings is 1. The Morgan fingerprint density at radius 1 is 1.48 bits per heavy atom. The number of hydrogen-bond donors (Lipinski definition) is 4. The first kappa shape index (κ1) is 18.9. The molecule has 25 heavy (non-hydrogen) atoms. The number of nitrogens with zero attached hydrogens (tertiary/aromatic N) is 2. The first-order valence-corrected chi connectivity index (χ1v) is 8.37. The highest BCUT2D eigenvalue weighted by Crippen LogP contribution is 2.19. The van der Waals surface area contributed by atoms with Gasteiger partial charge in [0.15, 0.2) is 0 Å². The number of likely N-dealkylation sites (tertiary alicyclic amines) is 1. The van der Waals surface area contributed by atoms with E-state index in [1.54, 1.807) is 20.0 Å². The molecule has 0 bridgehead atoms. The Labute approximate surface area is 146 Å². The topological polar surface area (TPSA) is 141 Å². The van der Waals surface area contributed by atoms with E-state index in [9.17, 15) is 19.5 Å². The number of hydrogen-bond acceptors (Lipinski definition) is 5. The van der Waals surface area contributed by atoms with Gasteiger partial charge in [-0.3, -0.25) is 9.59 Å². The molecule has 1 saturated heterocycles. The number of nitrogens with one attached hydrogen (secondary N) is 2. The summed E-state index contributed by atoms with van der Waals surface area (Å²) in [5.41, 5.74) is 6.73. The molecule has 1 aromatic heterocycles. The van der Waals surface area contributed by atoms with Crippen LogP contribution in [0, 0.1) is 5.92 Å². The Kier molecular flexibility index (Phi) is 6.13. The number of carboxylic acids is 1. The van der Waals surface area contributed by atoms with Crippen LogP contribution in [0.15, 0.2) is 12.5 Å². The maximum Gasteiger partial charge on any atom is 0.326 e. The highest BCUT2D eigenvalue weighted by atomic mass is 16.4. The molecular formula is C16H25N5O4. The van der Waals surface area contributed by atoms with Crippen LogP contribution in [0.3, 0.4) is 0 Å². The molecule has 0 aliphatic carbocycles. The van der Waals surface area contributed by atoms with E-state index in [2.05, 4.69) is 15.3 Å². The number of carbonyl (C=O) groups is 3. The monoisotopic (exact) mass is 351 g/mol. The van der Waals surface area contributed by atoms with Crippen molar-refractivity contribution in [2.24, 2.45) is 11.7 Å². The van der Waals surface area contributed by atoms with Gasteiger partial charge in [0.05, 0.1) is 12.4 Å². The fourth-order valence-corrected chi connectivity index (χ4v) is 3.00. The van der Waals surface area contributed by atoms with Crippen molar-refractivity contribution >= 4 is 17.8 Å². The lowest BCUT2D eigenvalue weighted by Gasteiger charge is -2.28. The third-order valence-electron chi connectivity index (χ3n) is 4.38. The summed E-state index contributed by atoms with van der Waals surface area (Å²) >= 11 is 0. The van der Waals surface area contributed by atoms with E-state index in [0.29, 0.717) is 25.8 Å². The Bertz CT molecular complexity index is 616. The minimum Gasteiger partial charge on any atom is -0.480 e. The third kappa shape index (κ3) is 4.56. The molecule has 1 aliphatic heterocycles. The van der Waals surface area contributed by atoms with Crippen LogP contribution in [-0.2, 0) is 20.8 Å². The van der Waals surface area contributed by atoms with E-state index in [1.807, 2.05) is 0 Å². The minimum absolute atomic E-state index is 0.255. The zero-order chi connectivity index (χ0) is 18.6. The molecule has 2 rings (SSSR count). The Morgan fingerprint density at radius 2 is 2.20 bits per heavy atom. The van der Waals surface area contributed by atoms with Crippen molar-refractivity contribution in [2.45, 2.75) is 51.2 Å². The molecule has 2 heterocycles. The molecule has 5 N–H and O–H groups in total. The molecule has 9 nitrogen and oxygen atoms in total. The summed E-state index contributed by atoms with van der Waals surface area (Å²) in [7, 11) is 0. The van der Waals surface area contributed by atoms with Crippen LogP contribution in [0.4, 0.5) is 0 Å². The van der Waals surface area contributed by atoms with E-state index in [1.165, 1.54) is 11.2 Å². The number of carbonyl (C=O) groups excluding carboxylic acids is 2. The van der Waals surface area contributed by atoms with Crippen LogP contribution in [0.2, 0.25) is 0 Å². The third-order valence-corrected chi connectivity index (χ3v) is 4.38. The number of amides is 2. The Balaban J connectivity index is 2.01. The molecule has 0 aromatic carbocycles. The number of aromatic amines is 1. The molecule has 0 spiro atoms. The number of aliphatic carboxylic acids is 1. The van der Waals surface area contributed by atoms with Crippen molar-refractivity contribution in [1.29, 1.82) is 0 Å². The van der Waals surface area contributed by atoms with Crippen LogP contribution in [0.25, 0.3) is 0 Å². The van der Waals surface area contributed by atoms with Crippen molar-refractivity contribution in [1.82, 2.24) is 20.2 Å². The summed E-state index contributed by atoms with van der Waals surface area (Å²) in [5, 5.41) is 11.8. The van der Waals surface area contributed by atoms with E-state index in [0.717, 1.165) is 5.69 Å². The van der Waals surface area contributed by atoms with E-state index in [-0.39, 0.29) is 11.8 Å². The molecule has 0 radical (unpaired) electrons. The van der Waals surface area contributed by atoms with Crippen LogP contribution < -0.4 is 11.1 Å². The molecule has 3 atom stereocenters. The maximum atomic E-state index is 12.6. The highest BCUT2D eigenvalue weighted by Gasteiger charge is 2.38. The molecule has 1 aliphatic rings. The van der Waals surface area contributed by atoms with Crippen molar-refractivity contribution in [3.05, 3.63) is 18.2 Å². The van der Waals surface area contributed by atoms with Gasteiger partial charge < -0.3 is 26.0 Å². The fourth-order valence-electron chi connectivity index (χ4n) is 3.00. The van der Waals surface area contributed by atoms with Crippen molar-refractivity contribution in [3.8, 4) is 0 Å². The fraction of sp³-hybridized carbons (Fsp3) is 0.625. The second-order valence-corrected chi connectivity index (χ2v) is 6.65. The van der Waals surface area contributed by atoms with Gasteiger partial charge in [-0.05, 0) is 18.8 Å². The molecular weight excluding hydrogens is 326 g/mol. The number of H-pyrrole nitrogens is 1. The highest BCUT2D eigenvalue weighted by molar-refractivity contribution is 5.92. The van der Waals surface area contributed by atoms with Gasteiger partial charge in [0.25, 0.3) is 0 Å². The van der Waals surface area contributed by atoms with Crippen LogP contribution in [-0.4, -0.2) is 62.4 Å². The van der Waals surface area contributed by atoms with Gasteiger partial charge in [-0.25, -0.2) is 9.78 Å². The Hall–Kier alpha value is -2.42. The standard InChI is InChI=1S/C16H25N5O4/c1-9(2)13(16(24)25)20-14(22)12-4-3-5-21(12)15(23)11(17)6-10-7-18-8-19-10/h7-9,11-13H,3-6,17H2,1-2H3,(H,18,19)(H,20,22)(H,24,25). The summed E-state index contributed by atoms with van der Waals surface area (Å²) < 4.78 is 0. The zero-order valence-electron chi connectivity index (χ0n) is 14.4. The predicted molar refractivity (Wildman–Crippen MR) is 89.4 cm³/mol. The van der Waals surface area contributed by atoms with Gasteiger partial charge in [-0.15, -0.1) is 0 Å². The van der Waals surface area contributed by atoms with E-state index >= 15 is 0 Å². The van der Waals surface area contributed by atoms with E-state index in [4.69, 9.17) is 5.73 Å². The Morgan fingerprint density at radius 3 is 2.76 bits per heavy atom. The second-order valence-electron chi connectivity index (χ2n) is 6.65. The quantitative estimate of drug-likeness (QED) is 0.521. The average Bonchev–Trinajstić information content (AvgIpc) is 3.22. The van der Waals surface area contributed by atoms with Gasteiger partial charge in [-0.2, -0.15) is 0 Å². The molecule has 1 aromatic rings. The lowest BCUT2D eigenvalue weighted by atomic mass is 10.0. The van der Waals surface area contributed by atoms with Crippen LogP contribution in [0.1, 0.15) is 32.4 Å². The molecule has 1 fully saturated rings. The molecule has 3 unspecified atom stereocenters. The smallest absolute Gasteiger partial charge is 0.326 e. The van der Waals surface area contributed by atoms with Gasteiger partial charge >= 0.3 is 5.97 Å². The summed E-state index contributed by atoms with van der Waals surface area (Å²) in [4.78, 5) is 44.6. The lowest BCUT2D eigenvalue weighted by Crippen LogP contribution is -2.55. The van der Waals surface area contributed by atoms with Crippen molar-refractivity contribution in [3.63, 3.8) is 0 Å². The largest absolute Gasteiger partial charge is 0.480 e. The number of aromatic nitrogens is 2. The van der Waals surface area contributed by atoms with Gasteiger partial charge in [0, 0.05) is 24.9 Å². The molecule has 2 amide bonds. The van der Waals surface area contributed by atoms with Crippen molar-refractivity contribution in [2.75, 3.05) is 6.54 Å². The predicted octanol–water partition coefficient (Wildman–Crippen LogP) is -0.504. The molecule has 138 valence electrons. The normalized spacial score (nSPS) is 19.7. The second kappa shape index (κ2) is 8.11. The number of rotatable bonds is 7. The van der Waals surface area contributed by atoms with Gasteiger partial charge in [0.1, 0.15) is 12.1 Å². The van der Waals surface area contributed by atoms with Gasteiger partial charge in [-0.1, -0.05) is 13.8 Å². The molecule has 0 saturated carbocycles. The maximum absolute atomic E-state index is 12.6. The van der Waals surface area contributed by atoms with Crippen LogP contribution >= 0.6 is 0 Å². The first-order chi connectivity index (χ1) is 11.8. The lowest BCUT2D eigenvalue weighted by molar-refractivity contribution is -0.145. The average molecular weight is 351 g/mol. The first-order valence-electron chi connectivity index (χ1n) is 8.37. The summed E-state index contributed by atoms with van der Waals surface area (Å²) in [6, 6.07) is -2.45. The van der Waals surface area contributed by atoms with Gasteiger partial charge in [0.2, 0.25) is 11.8 Å². The molecule has 9 heteroatoms. The number of nitrogens with two attached hydrogens (primary N) is 1. The zero-order valence-corrected chi connectivity index (χ0v) is 14.4. The summed E-state index contributed by atoms with van der Waals surface area (Å²) in [6.45, 7) is 3.88. The number of carboxylic acid groups (broad SMARTS) is 1. The summed E-state index contributed by atoms with van der Waals surface area (Å²) in [5.74, 6) is -2.10. The van der Waals surface area contributed by atoms with E-state index < -0.39 is 30.0 Å². The van der Waals surface area contributed by atoms with Crippen LogP contribution in [0.5, 0.6) is 0 Å². The van der Waals surface area contributed by atoms with Crippen molar-refractivity contribution < 1.29 is 19.5 Å². The minimum atomic E-state index is -1.09.